The zero-order valence-corrected chi connectivity index (χ0v) is 22.0. The lowest BCUT2D eigenvalue weighted by Crippen LogP contribution is -2.48. The maximum Gasteiger partial charge on any atom is 0.301 e. The van der Waals surface area contributed by atoms with Crippen LogP contribution in [0.2, 0.25) is 15.1 Å². The SMILES string of the molecule is O=C(NC1COC1)c1cc(Cl)cc(Cl)c1CC(=O)c1cc(Cn2nnc(C(F)F)n2)nn1-c1ncccc1Cl. The normalized spacial score (nSPS) is 13.5. The number of rotatable bonds is 9. The van der Waals surface area contributed by atoms with Crippen LogP contribution in [0.25, 0.3) is 5.82 Å². The Morgan fingerprint density at radius 2 is 1.92 bits per heavy atom. The smallest absolute Gasteiger partial charge is 0.301 e. The maximum atomic E-state index is 13.7. The molecule has 1 N–H and O–H groups in total. The molecule has 11 nitrogen and oxygen atoms in total. The van der Waals surface area contributed by atoms with E-state index in [2.05, 4.69) is 30.8 Å². The van der Waals surface area contributed by atoms with Crippen LogP contribution in [0, 0.1) is 0 Å². The first kappa shape index (κ1) is 27.1. The van der Waals surface area contributed by atoms with Crippen LogP contribution in [0.15, 0.2) is 36.5 Å². The van der Waals surface area contributed by atoms with Gasteiger partial charge in [0.2, 0.25) is 5.82 Å². The summed E-state index contributed by atoms with van der Waals surface area (Å²) in [5.74, 6) is -1.53. The van der Waals surface area contributed by atoms with Crippen LogP contribution in [0.3, 0.4) is 0 Å². The molecule has 5 rings (SSSR count). The molecule has 0 bridgehead atoms. The van der Waals surface area contributed by atoms with Crippen LogP contribution >= 0.6 is 34.8 Å². The third-order valence-electron chi connectivity index (χ3n) is 5.67. The largest absolute Gasteiger partial charge is 0.377 e. The number of carbonyl (C=O) groups excluding carboxylic acids is 2. The highest BCUT2D eigenvalue weighted by molar-refractivity contribution is 6.36. The number of nitrogens with zero attached hydrogens (tertiary/aromatic N) is 7. The summed E-state index contributed by atoms with van der Waals surface area (Å²) < 4.78 is 32.1. The minimum atomic E-state index is -2.90. The number of tetrazole rings is 1. The van der Waals surface area contributed by atoms with E-state index in [-0.39, 0.29) is 62.4 Å². The number of aromatic nitrogens is 7. The highest BCUT2D eigenvalue weighted by Crippen LogP contribution is 2.28. The van der Waals surface area contributed by atoms with E-state index in [1.54, 1.807) is 12.1 Å². The third kappa shape index (κ3) is 5.91. The fourth-order valence-corrected chi connectivity index (χ4v) is 4.54. The molecule has 1 amide bonds. The average molecular weight is 598 g/mol. The molecule has 0 saturated carbocycles. The summed E-state index contributed by atoms with van der Waals surface area (Å²) in [5, 5.41) is 18.3. The summed E-state index contributed by atoms with van der Waals surface area (Å²) in [6.07, 6.45) is -1.73. The van der Waals surface area contributed by atoms with Gasteiger partial charge in [0.25, 0.3) is 5.91 Å². The zero-order chi connectivity index (χ0) is 27.7. The van der Waals surface area contributed by atoms with Crippen molar-refractivity contribution in [3.05, 3.63) is 79.9 Å². The van der Waals surface area contributed by atoms with Crippen molar-refractivity contribution < 1.29 is 23.1 Å². The molecule has 0 spiro atoms. The number of ketones is 1. The van der Waals surface area contributed by atoms with Gasteiger partial charge in [-0.05, 0) is 41.1 Å². The van der Waals surface area contributed by atoms with Crippen LogP contribution in [0.4, 0.5) is 8.78 Å². The third-order valence-corrected chi connectivity index (χ3v) is 6.52. The summed E-state index contributed by atoms with van der Waals surface area (Å²) in [6, 6.07) is 7.30. The van der Waals surface area contributed by atoms with Gasteiger partial charge in [-0.3, -0.25) is 9.59 Å². The molecule has 39 heavy (non-hydrogen) atoms. The van der Waals surface area contributed by atoms with Gasteiger partial charge in [0.05, 0.1) is 30.0 Å². The Hall–Kier alpha value is -3.52. The van der Waals surface area contributed by atoms with Gasteiger partial charge in [-0.2, -0.15) is 9.90 Å². The summed E-state index contributed by atoms with van der Waals surface area (Å²) in [4.78, 5) is 31.8. The van der Waals surface area contributed by atoms with Crippen molar-refractivity contribution >= 4 is 46.5 Å². The number of ether oxygens (including phenoxy) is 1. The van der Waals surface area contributed by atoms with Gasteiger partial charge >= 0.3 is 6.43 Å². The number of carbonyl (C=O) groups is 2. The summed E-state index contributed by atoms with van der Waals surface area (Å²) in [6.45, 7) is 0.581. The molecule has 1 aromatic carbocycles. The molecule has 4 aromatic rings. The van der Waals surface area contributed by atoms with Crippen molar-refractivity contribution in [1.82, 2.24) is 40.3 Å². The number of nitrogens with one attached hydrogen (secondary N) is 1. The van der Waals surface area contributed by atoms with E-state index >= 15 is 0 Å². The minimum Gasteiger partial charge on any atom is -0.377 e. The summed E-state index contributed by atoms with van der Waals surface area (Å²) in [7, 11) is 0. The molecule has 0 atom stereocenters. The lowest BCUT2D eigenvalue weighted by atomic mass is 9.99. The van der Waals surface area contributed by atoms with E-state index in [9.17, 15) is 18.4 Å². The Labute approximate surface area is 234 Å². The second-order valence-electron chi connectivity index (χ2n) is 8.44. The lowest BCUT2D eigenvalue weighted by molar-refractivity contribution is -0.00347. The quantitative estimate of drug-likeness (QED) is 0.289. The van der Waals surface area contributed by atoms with Crippen LogP contribution in [-0.2, 0) is 17.7 Å². The number of amides is 1. The average Bonchev–Trinajstić information content (AvgIpc) is 3.51. The molecular weight excluding hydrogens is 581 g/mol. The van der Waals surface area contributed by atoms with Crippen molar-refractivity contribution in [1.29, 1.82) is 0 Å². The Morgan fingerprint density at radius 1 is 1.13 bits per heavy atom. The fraction of sp³-hybridized carbons (Fsp3) is 0.261. The van der Waals surface area contributed by atoms with Crippen LogP contribution < -0.4 is 5.32 Å². The number of Topliss-reactive ketones (excluding diaryl/α,β-unsaturated/α-hetero) is 1. The van der Waals surface area contributed by atoms with E-state index in [4.69, 9.17) is 39.5 Å². The molecule has 4 heterocycles. The summed E-state index contributed by atoms with van der Waals surface area (Å²) in [5.41, 5.74) is 0.680. The molecule has 0 unspecified atom stereocenters. The summed E-state index contributed by atoms with van der Waals surface area (Å²) >= 11 is 18.9. The van der Waals surface area contributed by atoms with Crippen molar-refractivity contribution in [2.75, 3.05) is 13.2 Å². The van der Waals surface area contributed by atoms with E-state index in [1.807, 2.05) is 0 Å². The van der Waals surface area contributed by atoms with Gasteiger partial charge in [-0.25, -0.2) is 18.4 Å². The number of pyridine rings is 1. The molecule has 0 aliphatic carbocycles. The first-order valence-corrected chi connectivity index (χ1v) is 12.5. The molecule has 1 fully saturated rings. The highest BCUT2D eigenvalue weighted by Gasteiger charge is 2.27. The van der Waals surface area contributed by atoms with E-state index in [0.29, 0.717) is 13.2 Å². The first-order chi connectivity index (χ1) is 18.7. The van der Waals surface area contributed by atoms with Gasteiger partial charge in [0.1, 0.15) is 12.2 Å². The van der Waals surface area contributed by atoms with E-state index in [1.165, 1.54) is 29.1 Å². The molecule has 0 radical (unpaired) electrons. The Morgan fingerprint density at radius 3 is 2.59 bits per heavy atom. The maximum absolute atomic E-state index is 13.7. The Bertz CT molecular complexity index is 1560. The molecular formula is C23H17Cl3F2N8O3. The zero-order valence-electron chi connectivity index (χ0n) is 19.7. The number of hydrogen-bond acceptors (Lipinski definition) is 8. The monoisotopic (exact) mass is 596 g/mol. The predicted molar refractivity (Wildman–Crippen MR) is 135 cm³/mol. The number of benzene rings is 1. The molecule has 202 valence electrons. The van der Waals surface area contributed by atoms with Crippen molar-refractivity contribution in [2.24, 2.45) is 0 Å². The molecule has 1 saturated heterocycles. The van der Waals surface area contributed by atoms with Gasteiger partial charge in [0.15, 0.2) is 11.6 Å². The molecule has 16 heteroatoms. The van der Waals surface area contributed by atoms with E-state index < -0.39 is 23.9 Å². The van der Waals surface area contributed by atoms with Crippen molar-refractivity contribution in [2.45, 2.75) is 25.4 Å². The minimum absolute atomic E-state index is 0.0459. The predicted octanol–water partition coefficient (Wildman–Crippen LogP) is 3.75. The number of halogens is 5. The van der Waals surface area contributed by atoms with Gasteiger partial charge < -0.3 is 10.1 Å². The van der Waals surface area contributed by atoms with Crippen molar-refractivity contribution in [3.63, 3.8) is 0 Å². The molecule has 3 aromatic heterocycles. The number of hydrogen-bond donors (Lipinski definition) is 1. The molecule has 1 aliphatic rings. The highest BCUT2D eigenvalue weighted by atomic mass is 35.5. The topological polar surface area (TPSA) is 130 Å². The second kappa shape index (κ2) is 11.3. The van der Waals surface area contributed by atoms with Crippen LogP contribution in [0.1, 0.15) is 44.4 Å². The first-order valence-electron chi connectivity index (χ1n) is 11.3. The van der Waals surface area contributed by atoms with E-state index in [0.717, 1.165) is 4.80 Å². The van der Waals surface area contributed by atoms with Gasteiger partial charge in [0, 0.05) is 28.2 Å². The van der Waals surface area contributed by atoms with Crippen molar-refractivity contribution in [3.8, 4) is 5.82 Å². The second-order valence-corrected chi connectivity index (χ2v) is 9.69. The van der Waals surface area contributed by atoms with Gasteiger partial charge in [-0.15, -0.1) is 10.2 Å². The van der Waals surface area contributed by atoms with Crippen LogP contribution in [-0.4, -0.2) is 65.9 Å². The standard InChI is InChI=1S/C23H17Cl3F2N8O3/c24-11-4-15(23(38)30-13-9-39-10-13)14(17(26)5-11)7-19(37)18-6-12(8-35-33-21(20(27)28)31-34-35)32-36(18)22-16(25)2-1-3-29-22/h1-6,13,20H,7-10H2,(H,30,38). The lowest BCUT2D eigenvalue weighted by Gasteiger charge is -2.27. The Balaban J connectivity index is 1.50. The molecule has 1 aliphatic heterocycles. The van der Waals surface area contributed by atoms with Crippen LogP contribution in [0.5, 0.6) is 0 Å². The Kier molecular flexibility index (Phi) is 7.84. The fourth-order valence-electron chi connectivity index (χ4n) is 3.77. The van der Waals surface area contributed by atoms with Gasteiger partial charge in [-0.1, -0.05) is 34.8 Å². The number of alkyl halides is 2.